The van der Waals surface area contributed by atoms with Crippen LogP contribution < -0.4 is 26.8 Å². The lowest BCUT2D eigenvalue weighted by Crippen LogP contribution is -3.14. The van der Waals surface area contributed by atoms with Gasteiger partial charge in [-0.05, 0) is 25.2 Å². The minimum absolute atomic E-state index is 0.0237. The number of piperidine rings is 1. The van der Waals surface area contributed by atoms with Gasteiger partial charge in [0.1, 0.15) is 5.82 Å². The van der Waals surface area contributed by atoms with Gasteiger partial charge in [-0.25, -0.2) is 4.79 Å². The molecule has 2 heterocycles. The van der Waals surface area contributed by atoms with Gasteiger partial charge in [0.15, 0.2) is 12.2 Å². The van der Waals surface area contributed by atoms with Crippen LogP contribution in [0, 0.1) is 5.92 Å². The zero-order valence-electron chi connectivity index (χ0n) is 16.5. The molecule has 27 heavy (non-hydrogen) atoms. The number of H-pyrrole nitrogens is 1. The number of ether oxygens (including phenoxy) is 1. The van der Waals surface area contributed by atoms with Crippen LogP contribution >= 0.6 is 0 Å². The minimum atomic E-state index is -0.643. The van der Waals surface area contributed by atoms with Gasteiger partial charge in [-0.2, -0.15) is 0 Å². The third-order valence-electron chi connectivity index (χ3n) is 4.81. The number of hydrogen-bond donors (Lipinski definition) is 3. The molecule has 152 valence electrons. The summed E-state index contributed by atoms with van der Waals surface area (Å²) in [5.74, 6) is -0.00360. The van der Waals surface area contributed by atoms with E-state index in [1.165, 1.54) is 27.9 Å². The quantitative estimate of drug-likeness (QED) is 0.524. The number of hydrogen-bond acceptors (Lipinski definition) is 5. The second-order valence-electron chi connectivity index (χ2n) is 7.52. The van der Waals surface area contributed by atoms with Gasteiger partial charge >= 0.3 is 5.69 Å². The van der Waals surface area contributed by atoms with Gasteiger partial charge in [-0.1, -0.05) is 13.8 Å². The van der Waals surface area contributed by atoms with Crippen LogP contribution in [0.1, 0.15) is 33.1 Å². The second-order valence-corrected chi connectivity index (χ2v) is 7.52. The van der Waals surface area contributed by atoms with Crippen LogP contribution in [0.4, 0.5) is 11.5 Å². The summed E-state index contributed by atoms with van der Waals surface area (Å²) in [5.41, 5.74) is 5.01. The van der Waals surface area contributed by atoms with E-state index in [2.05, 4.69) is 4.98 Å². The predicted molar refractivity (Wildman–Crippen MR) is 104 cm³/mol. The van der Waals surface area contributed by atoms with Crippen molar-refractivity contribution in [1.82, 2.24) is 9.55 Å². The molecule has 0 unspecified atom stereocenters. The summed E-state index contributed by atoms with van der Waals surface area (Å²) in [6, 6.07) is 0. The summed E-state index contributed by atoms with van der Waals surface area (Å²) >= 11 is 0. The zero-order valence-corrected chi connectivity index (χ0v) is 16.5. The van der Waals surface area contributed by atoms with E-state index in [-0.39, 0.29) is 36.5 Å². The molecule has 0 aliphatic carbocycles. The van der Waals surface area contributed by atoms with Crippen LogP contribution in [0.15, 0.2) is 9.59 Å². The molecule has 0 aromatic carbocycles. The van der Waals surface area contributed by atoms with Gasteiger partial charge in [-0.15, -0.1) is 0 Å². The second kappa shape index (κ2) is 9.70. The number of aromatic nitrogens is 2. The highest BCUT2D eigenvalue weighted by atomic mass is 16.5. The monoisotopic (exact) mass is 382 g/mol. The molecule has 0 radical (unpaired) electrons. The molecule has 1 aliphatic heterocycles. The van der Waals surface area contributed by atoms with E-state index in [9.17, 15) is 14.4 Å². The molecule has 4 N–H and O–H groups in total. The Kier molecular flexibility index (Phi) is 7.61. The van der Waals surface area contributed by atoms with Crippen LogP contribution in [0.5, 0.6) is 0 Å². The largest absolute Gasteiger partial charge is 0.383 e. The first-order valence-corrected chi connectivity index (χ1v) is 9.60. The van der Waals surface area contributed by atoms with Gasteiger partial charge in [0.05, 0.1) is 19.7 Å². The number of carbonyl (C=O) groups is 1. The number of nitrogens with zero attached hydrogens (tertiary/aromatic N) is 2. The number of rotatable bonds is 8. The Balaban J connectivity index is 2.38. The van der Waals surface area contributed by atoms with E-state index in [1.807, 2.05) is 13.8 Å². The first kappa shape index (κ1) is 21.2. The normalized spacial score (nSPS) is 15.3. The zero-order chi connectivity index (χ0) is 20.0. The smallest absolute Gasteiger partial charge is 0.330 e. The molecule has 1 aromatic heterocycles. The van der Waals surface area contributed by atoms with Crippen molar-refractivity contribution in [3.8, 4) is 0 Å². The number of quaternary nitrogens is 1. The maximum atomic E-state index is 13.0. The molecule has 0 saturated carbocycles. The summed E-state index contributed by atoms with van der Waals surface area (Å²) in [4.78, 5) is 42.5. The molecule has 0 atom stereocenters. The number of nitrogens with two attached hydrogens (primary N) is 1. The average molecular weight is 382 g/mol. The minimum Gasteiger partial charge on any atom is -0.383 e. The number of amides is 1. The fourth-order valence-electron chi connectivity index (χ4n) is 3.47. The molecule has 0 bridgehead atoms. The highest BCUT2D eigenvalue weighted by Crippen LogP contribution is 2.17. The average Bonchev–Trinajstić information content (AvgIpc) is 2.61. The van der Waals surface area contributed by atoms with E-state index in [0.717, 1.165) is 25.9 Å². The Morgan fingerprint density at radius 3 is 2.56 bits per heavy atom. The lowest BCUT2D eigenvalue weighted by atomic mass is 10.1. The van der Waals surface area contributed by atoms with Crippen molar-refractivity contribution in [3.63, 3.8) is 0 Å². The number of methoxy groups -OCH3 is 1. The van der Waals surface area contributed by atoms with Crippen molar-refractivity contribution in [2.24, 2.45) is 5.92 Å². The van der Waals surface area contributed by atoms with Gasteiger partial charge in [-0.3, -0.25) is 24.0 Å². The summed E-state index contributed by atoms with van der Waals surface area (Å²) < 4.78 is 6.43. The highest BCUT2D eigenvalue weighted by Gasteiger charge is 2.27. The number of likely N-dealkylation sites (tertiary alicyclic amines) is 1. The molecule has 1 fully saturated rings. The SMILES string of the molecule is COCCN(C(=O)C[NH+]1CCCCC1)c1c(N)n(CC(C)C)c(=O)[nH]c1=O. The van der Waals surface area contributed by atoms with Crippen LogP contribution in [0.25, 0.3) is 0 Å². The van der Waals surface area contributed by atoms with Gasteiger partial charge in [0, 0.05) is 20.2 Å². The maximum absolute atomic E-state index is 13.0. The summed E-state index contributed by atoms with van der Waals surface area (Å²) in [7, 11) is 1.53. The molecule has 9 nitrogen and oxygen atoms in total. The standard InChI is InChI=1S/C18H31N5O4/c1-13(2)11-23-16(19)15(17(25)20-18(23)26)22(9-10-27-3)14(24)12-21-7-5-4-6-8-21/h13H,4-12,19H2,1-3H3,(H,20,25,26)/p+1. The number of anilines is 2. The van der Waals surface area contributed by atoms with Crippen LogP contribution in [-0.2, 0) is 16.1 Å². The summed E-state index contributed by atoms with van der Waals surface area (Å²) in [6.45, 7) is 6.92. The van der Waals surface area contributed by atoms with Crippen LogP contribution in [0.2, 0.25) is 0 Å². The van der Waals surface area contributed by atoms with Crippen molar-refractivity contribution in [3.05, 3.63) is 20.8 Å². The van der Waals surface area contributed by atoms with Gasteiger partial charge in [0.25, 0.3) is 11.5 Å². The lowest BCUT2D eigenvalue weighted by Gasteiger charge is -2.28. The van der Waals surface area contributed by atoms with Crippen LogP contribution in [-0.4, -0.2) is 55.4 Å². The molecule has 1 aromatic rings. The molecular weight excluding hydrogens is 350 g/mol. The first-order valence-electron chi connectivity index (χ1n) is 9.60. The summed E-state index contributed by atoms with van der Waals surface area (Å²) in [6.07, 6.45) is 3.39. The van der Waals surface area contributed by atoms with Crippen molar-refractivity contribution in [2.45, 2.75) is 39.7 Å². The number of carbonyl (C=O) groups excluding carboxylic acids is 1. The summed E-state index contributed by atoms with van der Waals surface area (Å²) in [5, 5.41) is 0. The molecule has 0 spiro atoms. The topological polar surface area (TPSA) is 115 Å². The Bertz CT molecular complexity index is 749. The predicted octanol–water partition coefficient (Wildman–Crippen LogP) is -1.18. The Morgan fingerprint density at radius 2 is 1.96 bits per heavy atom. The molecule has 2 rings (SSSR count). The number of nitrogen functional groups attached to an aromatic ring is 1. The van der Waals surface area contributed by atoms with E-state index in [1.54, 1.807) is 0 Å². The third kappa shape index (κ3) is 5.43. The van der Waals surface area contributed by atoms with E-state index in [0.29, 0.717) is 13.1 Å². The fourth-order valence-corrected chi connectivity index (χ4v) is 3.47. The first-order chi connectivity index (χ1) is 12.8. The van der Waals surface area contributed by atoms with Crippen molar-refractivity contribution in [1.29, 1.82) is 0 Å². The Labute approximate surface area is 159 Å². The molecule has 1 saturated heterocycles. The molecular formula is C18H32N5O4+. The maximum Gasteiger partial charge on any atom is 0.330 e. The Morgan fingerprint density at radius 1 is 1.30 bits per heavy atom. The molecule has 1 aliphatic rings. The lowest BCUT2D eigenvalue weighted by molar-refractivity contribution is -0.896. The van der Waals surface area contributed by atoms with E-state index in [4.69, 9.17) is 10.5 Å². The molecule has 9 heteroatoms. The van der Waals surface area contributed by atoms with Gasteiger partial charge in [0.2, 0.25) is 0 Å². The number of nitrogens with one attached hydrogen (secondary N) is 2. The van der Waals surface area contributed by atoms with E-state index >= 15 is 0 Å². The van der Waals surface area contributed by atoms with Gasteiger partial charge < -0.3 is 15.4 Å². The van der Waals surface area contributed by atoms with E-state index < -0.39 is 11.2 Å². The third-order valence-corrected chi connectivity index (χ3v) is 4.81. The van der Waals surface area contributed by atoms with Crippen molar-refractivity contribution in [2.75, 3.05) is 50.5 Å². The van der Waals surface area contributed by atoms with Crippen molar-refractivity contribution >= 4 is 17.4 Å². The highest BCUT2D eigenvalue weighted by molar-refractivity contribution is 5.96. The Hall–Kier alpha value is -2.13. The fraction of sp³-hybridized carbons (Fsp3) is 0.722. The van der Waals surface area contributed by atoms with Crippen molar-refractivity contribution < 1.29 is 14.4 Å². The molecule has 1 amide bonds. The van der Waals surface area contributed by atoms with Crippen LogP contribution in [0.3, 0.4) is 0 Å². The number of aromatic amines is 1.